The van der Waals surface area contributed by atoms with Gasteiger partial charge in [-0.1, -0.05) is 19.6 Å². The maximum absolute atomic E-state index is 11.0. The number of rotatable bonds is 15. The second-order valence-electron chi connectivity index (χ2n) is 8.49. The zero-order valence-corrected chi connectivity index (χ0v) is 20.4. The number of esters is 1. The number of carbonyl (C=O) groups is 2. The van der Waals surface area contributed by atoms with Crippen LogP contribution in [0.1, 0.15) is 39.0 Å². The Morgan fingerprint density at radius 1 is 0.833 bits per heavy atom. The zero-order valence-electron chi connectivity index (χ0n) is 20.4. The summed E-state index contributed by atoms with van der Waals surface area (Å²) in [7, 11) is 12.1. The average Bonchev–Trinajstić information content (AvgIpc) is 2.63. The fourth-order valence-corrected chi connectivity index (χ4v) is 2.57. The van der Waals surface area contributed by atoms with Crippen molar-refractivity contribution in [2.45, 2.75) is 39.0 Å². The second-order valence-corrected chi connectivity index (χ2v) is 8.49. The first kappa shape index (κ1) is 30.5. The van der Waals surface area contributed by atoms with E-state index in [-0.39, 0.29) is 11.9 Å². The Morgan fingerprint density at radius 3 is 1.77 bits per heavy atom. The topological polar surface area (TPSA) is 73.3 Å². The van der Waals surface area contributed by atoms with Crippen LogP contribution in [0.2, 0.25) is 0 Å². The van der Waals surface area contributed by atoms with Gasteiger partial charge >= 0.3 is 11.9 Å². The molecule has 0 radical (unpaired) electrons. The Morgan fingerprint density at radius 2 is 1.33 bits per heavy atom. The molecular weight excluding hydrogens is 382 g/mol. The SMILES string of the molecule is C=C(C(=O)O)C(CCCCN(C)C)CCN(C)C.C=C(C)C(=O)OCCCN(C)C. The van der Waals surface area contributed by atoms with Crippen LogP contribution in [-0.2, 0) is 14.3 Å². The largest absolute Gasteiger partial charge is 0.478 e. The lowest BCUT2D eigenvalue weighted by Crippen LogP contribution is -2.20. The maximum atomic E-state index is 11.0. The highest BCUT2D eigenvalue weighted by molar-refractivity contribution is 5.87. The summed E-state index contributed by atoms with van der Waals surface area (Å²) in [4.78, 5) is 28.1. The summed E-state index contributed by atoms with van der Waals surface area (Å²) < 4.78 is 4.89. The van der Waals surface area contributed by atoms with E-state index >= 15 is 0 Å². The predicted molar refractivity (Wildman–Crippen MR) is 125 cm³/mol. The van der Waals surface area contributed by atoms with Crippen molar-refractivity contribution in [2.24, 2.45) is 5.92 Å². The lowest BCUT2D eigenvalue weighted by atomic mass is 9.91. The zero-order chi connectivity index (χ0) is 23.7. The van der Waals surface area contributed by atoms with Crippen LogP contribution in [0.25, 0.3) is 0 Å². The summed E-state index contributed by atoms with van der Waals surface area (Å²) in [6.45, 7) is 12.2. The number of carboxylic acid groups (broad SMARTS) is 1. The van der Waals surface area contributed by atoms with Crippen molar-refractivity contribution < 1.29 is 19.4 Å². The van der Waals surface area contributed by atoms with Gasteiger partial charge in [0.05, 0.1) is 6.61 Å². The number of nitrogens with zero attached hydrogens (tertiary/aromatic N) is 3. The van der Waals surface area contributed by atoms with E-state index in [4.69, 9.17) is 9.84 Å². The van der Waals surface area contributed by atoms with E-state index in [1.54, 1.807) is 6.92 Å². The fourth-order valence-electron chi connectivity index (χ4n) is 2.57. The molecule has 0 aliphatic carbocycles. The van der Waals surface area contributed by atoms with Crippen molar-refractivity contribution in [3.05, 3.63) is 24.3 Å². The number of hydrogen-bond acceptors (Lipinski definition) is 6. The van der Waals surface area contributed by atoms with Crippen LogP contribution in [0.15, 0.2) is 24.3 Å². The van der Waals surface area contributed by atoms with Gasteiger partial charge < -0.3 is 24.5 Å². The van der Waals surface area contributed by atoms with Gasteiger partial charge in [-0.2, -0.15) is 0 Å². The molecule has 0 aliphatic heterocycles. The van der Waals surface area contributed by atoms with E-state index in [9.17, 15) is 9.59 Å². The van der Waals surface area contributed by atoms with Gasteiger partial charge in [0.25, 0.3) is 0 Å². The Balaban J connectivity index is 0. The summed E-state index contributed by atoms with van der Waals surface area (Å²) >= 11 is 0. The Labute approximate surface area is 184 Å². The molecule has 0 heterocycles. The van der Waals surface area contributed by atoms with Gasteiger partial charge in [-0.25, -0.2) is 9.59 Å². The summed E-state index contributed by atoms with van der Waals surface area (Å²) in [5.41, 5.74) is 0.821. The van der Waals surface area contributed by atoms with Gasteiger partial charge in [-0.3, -0.25) is 0 Å². The summed E-state index contributed by atoms with van der Waals surface area (Å²) in [6, 6.07) is 0. The Hall–Kier alpha value is -1.70. The van der Waals surface area contributed by atoms with E-state index in [1.807, 2.05) is 28.2 Å². The van der Waals surface area contributed by atoms with Crippen molar-refractivity contribution in [3.63, 3.8) is 0 Å². The second kappa shape index (κ2) is 18.1. The first-order valence-corrected chi connectivity index (χ1v) is 10.6. The van der Waals surface area contributed by atoms with Crippen LogP contribution >= 0.6 is 0 Å². The molecule has 0 amide bonds. The molecule has 176 valence electrons. The van der Waals surface area contributed by atoms with Crippen LogP contribution in [0.5, 0.6) is 0 Å². The molecule has 7 nitrogen and oxygen atoms in total. The van der Waals surface area contributed by atoms with Crippen LogP contribution in [0.3, 0.4) is 0 Å². The monoisotopic (exact) mass is 427 g/mol. The van der Waals surface area contributed by atoms with Gasteiger partial charge in [0.15, 0.2) is 0 Å². The van der Waals surface area contributed by atoms with Gasteiger partial charge in [0.2, 0.25) is 0 Å². The van der Waals surface area contributed by atoms with Gasteiger partial charge in [0, 0.05) is 17.7 Å². The third-order valence-electron chi connectivity index (χ3n) is 4.43. The van der Waals surface area contributed by atoms with Gasteiger partial charge in [0.1, 0.15) is 0 Å². The molecule has 1 unspecified atom stereocenters. The van der Waals surface area contributed by atoms with E-state index < -0.39 is 5.97 Å². The predicted octanol–water partition coefficient (Wildman–Crippen LogP) is 2.98. The van der Waals surface area contributed by atoms with Crippen molar-refractivity contribution >= 4 is 11.9 Å². The van der Waals surface area contributed by atoms with Crippen LogP contribution in [-0.4, -0.2) is 100 Å². The minimum Gasteiger partial charge on any atom is -0.478 e. The Kier molecular flexibility index (Phi) is 18.4. The molecule has 0 aromatic rings. The standard InChI is InChI=1S/C14H28N2O2.C9H17NO2/c1-12(14(17)18)13(9-11-16(4)5)8-6-7-10-15(2)3;1-8(2)9(11)12-7-5-6-10(3)4/h13H,1,6-11H2,2-5H3,(H,17,18);1,5-7H2,2-4H3. The average molecular weight is 428 g/mol. The van der Waals surface area contributed by atoms with Crippen molar-refractivity contribution in [3.8, 4) is 0 Å². The molecule has 0 saturated carbocycles. The number of carboxylic acids is 1. The Bertz CT molecular complexity index is 517. The number of ether oxygens (including phenoxy) is 1. The highest BCUT2D eigenvalue weighted by atomic mass is 16.5. The van der Waals surface area contributed by atoms with E-state index in [2.05, 4.69) is 42.0 Å². The van der Waals surface area contributed by atoms with E-state index in [0.717, 1.165) is 51.7 Å². The lowest BCUT2D eigenvalue weighted by molar-refractivity contribution is -0.139. The van der Waals surface area contributed by atoms with Crippen LogP contribution in [0, 0.1) is 5.92 Å². The molecule has 0 aromatic carbocycles. The van der Waals surface area contributed by atoms with Gasteiger partial charge in [-0.05, 0) is 93.9 Å². The molecule has 30 heavy (non-hydrogen) atoms. The van der Waals surface area contributed by atoms with Gasteiger partial charge in [-0.15, -0.1) is 0 Å². The molecule has 1 atom stereocenters. The number of carbonyl (C=O) groups excluding carboxylic acids is 1. The normalized spacial score (nSPS) is 11.8. The highest BCUT2D eigenvalue weighted by Gasteiger charge is 2.18. The maximum Gasteiger partial charge on any atom is 0.333 e. The number of aliphatic carboxylic acids is 1. The summed E-state index contributed by atoms with van der Waals surface area (Å²) in [6.07, 6.45) is 4.83. The molecule has 0 aromatic heterocycles. The molecular formula is C23H45N3O4. The lowest BCUT2D eigenvalue weighted by Gasteiger charge is -2.19. The number of hydrogen-bond donors (Lipinski definition) is 1. The molecule has 0 bridgehead atoms. The van der Waals surface area contributed by atoms with Crippen molar-refractivity contribution in [1.82, 2.24) is 14.7 Å². The van der Waals surface area contributed by atoms with E-state index in [1.165, 1.54) is 0 Å². The molecule has 7 heteroatoms. The molecule has 0 saturated heterocycles. The van der Waals surface area contributed by atoms with Crippen molar-refractivity contribution in [1.29, 1.82) is 0 Å². The van der Waals surface area contributed by atoms with E-state index in [0.29, 0.717) is 17.8 Å². The first-order valence-electron chi connectivity index (χ1n) is 10.6. The van der Waals surface area contributed by atoms with Crippen LogP contribution in [0.4, 0.5) is 0 Å². The molecule has 0 rings (SSSR count). The third kappa shape index (κ3) is 19.6. The summed E-state index contributed by atoms with van der Waals surface area (Å²) in [5, 5.41) is 9.04. The first-order chi connectivity index (χ1) is 13.9. The molecule has 0 spiro atoms. The van der Waals surface area contributed by atoms with Crippen molar-refractivity contribution in [2.75, 3.05) is 68.5 Å². The minimum atomic E-state index is -0.855. The highest BCUT2D eigenvalue weighted by Crippen LogP contribution is 2.21. The smallest absolute Gasteiger partial charge is 0.333 e. The third-order valence-corrected chi connectivity index (χ3v) is 4.43. The summed E-state index contributed by atoms with van der Waals surface area (Å²) in [5.74, 6) is -1.05. The molecule has 0 fully saturated rings. The van der Waals surface area contributed by atoms with Crippen LogP contribution < -0.4 is 0 Å². The quantitative estimate of drug-likeness (QED) is 0.245. The minimum absolute atomic E-state index is 0.104. The number of unbranched alkanes of at least 4 members (excludes halogenated alkanes) is 1. The molecule has 0 aliphatic rings. The molecule has 1 N–H and O–H groups in total. The fraction of sp³-hybridized carbons (Fsp3) is 0.739.